The number of nitrogens with zero attached hydrogens (tertiary/aromatic N) is 2. The van der Waals surface area contributed by atoms with Gasteiger partial charge in [0, 0.05) is 17.7 Å². The van der Waals surface area contributed by atoms with Gasteiger partial charge in [-0.05, 0) is 25.0 Å². The SMILES string of the molecule is FC(F)(F)CCCCSc1nnc(-c2ccccc2)o1. The lowest BCUT2D eigenvalue weighted by atomic mass is 10.2. The van der Waals surface area contributed by atoms with E-state index in [1.54, 1.807) is 0 Å². The fraction of sp³-hybridized carbons (Fsp3) is 0.385. The Balaban J connectivity index is 1.76. The summed E-state index contributed by atoms with van der Waals surface area (Å²) in [6.07, 6.45) is -4.23. The predicted octanol–water partition coefficient (Wildman–Crippen LogP) is 4.56. The number of unbranched alkanes of at least 4 members (excludes halogenated alkanes) is 1. The largest absolute Gasteiger partial charge is 0.411 e. The average Bonchev–Trinajstić information content (AvgIpc) is 2.87. The van der Waals surface area contributed by atoms with Crippen LogP contribution in [0.25, 0.3) is 11.5 Å². The van der Waals surface area contributed by atoms with Crippen molar-refractivity contribution in [2.24, 2.45) is 0 Å². The maximum Gasteiger partial charge on any atom is 0.389 e. The van der Waals surface area contributed by atoms with Crippen LogP contribution < -0.4 is 0 Å². The maximum absolute atomic E-state index is 11.9. The summed E-state index contributed by atoms with van der Waals surface area (Å²) < 4.78 is 41.3. The van der Waals surface area contributed by atoms with E-state index in [9.17, 15) is 13.2 Å². The number of rotatable bonds is 6. The molecule has 0 saturated carbocycles. The van der Waals surface area contributed by atoms with Gasteiger partial charge in [0.1, 0.15) is 0 Å². The highest BCUT2D eigenvalue weighted by molar-refractivity contribution is 7.99. The Morgan fingerprint density at radius 2 is 1.80 bits per heavy atom. The van der Waals surface area contributed by atoms with Crippen LogP contribution in [0, 0.1) is 0 Å². The second-order valence-corrected chi connectivity index (χ2v) is 5.21. The van der Waals surface area contributed by atoms with Crippen LogP contribution in [-0.4, -0.2) is 22.1 Å². The summed E-state index contributed by atoms with van der Waals surface area (Å²) in [5, 5.41) is 8.16. The van der Waals surface area contributed by atoms with E-state index in [2.05, 4.69) is 10.2 Å². The summed E-state index contributed by atoms with van der Waals surface area (Å²) in [7, 11) is 0. The Hall–Kier alpha value is -1.50. The van der Waals surface area contributed by atoms with E-state index >= 15 is 0 Å². The molecule has 108 valence electrons. The van der Waals surface area contributed by atoms with Crippen LogP contribution in [0.4, 0.5) is 13.2 Å². The number of alkyl halides is 3. The fourth-order valence-corrected chi connectivity index (χ4v) is 2.31. The fourth-order valence-electron chi connectivity index (χ4n) is 1.55. The van der Waals surface area contributed by atoms with Crippen LogP contribution in [0.15, 0.2) is 40.0 Å². The minimum atomic E-state index is -4.07. The first-order valence-corrected chi connectivity index (χ1v) is 7.12. The first-order valence-electron chi connectivity index (χ1n) is 6.13. The molecule has 0 unspecified atom stereocenters. The van der Waals surface area contributed by atoms with E-state index in [0.29, 0.717) is 23.3 Å². The van der Waals surface area contributed by atoms with Crippen molar-refractivity contribution in [1.82, 2.24) is 10.2 Å². The zero-order valence-corrected chi connectivity index (χ0v) is 11.4. The third kappa shape index (κ3) is 4.88. The number of halogens is 3. The van der Waals surface area contributed by atoms with E-state index < -0.39 is 12.6 Å². The molecule has 0 radical (unpaired) electrons. The van der Waals surface area contributed by atoms with Gasteiger partial charge in [-0.2, -0.15) is 13.2 Å². The van der Waals surface area contributed by atoms with Crippen molar-refractivity contribution >= 4 is 11.8 Å². The van der Waals surface area contributed by atoms with Crippen molar-refractivity contribution in [2.75, 3.05) is 5.75 Å². The van der Waals surface area contributed by atoms with Crippen LogP contribution in [0.2, 0.25) is 0 Å². The highest BCUT2D eigenvalue weighted by atomic mass is 32.2. The van der Waals surface area contributed by atoms with Crippen molar-refractivity contribution in [3.63, 3.8) is 0 Å². The molecule has 0 N–H and O–H groups in total. The van der Waals surface area contributed by atoms with Crippen LogP contribution in [0.5, 0.6) is 0 Å². The van der Waals surface area contributed by atoms with Gasteiger partial charge in [-0.3, -0.25) is 0 Å². The molecule has 3 nitrogen and oxygen atoms in total. The van der Waals surface area contributed by atoms with Gasteiger partial charge in [-0.25, -0.2) is 0 Å². The Kier molecular flexibility index (Phi) is 5.05. The van der Waals surface area contributed by atoms with E-state index in [1.165, 1.54) is 11.8 Å². The topological polar surface area (TPSA) is 38.9 Å². The number of thioether (sulfide) groups is 1. The number of aromatic nitrogens is 2. The van der Waals surface area contributed by atoms with Gasteiger partial charge < -0.3 is 4.42 Å². The molecule has 0 aliphatic carbocycles. The van der Waals surface area contributed by atoms with E-state index in [4.69, 9.17) is 4.42 Å². The van der Waals surface area contributed by atoms with Gasteiger partial charge in [0.25, 0.3) is 5.22 Å². The zero-order valence-electron chi connectivity index (χ0n) is 10.6. The second kappa shape index (κ2) is 6.78. The van der Waals surface area contributed by atoms with Crippen LogP contribution in [-0.2, 0) is 0 Å². The lowest BCUT2D eigenvalue weighted by Gasteiger charge is -2.04. The van der Waals surface area contributed by atoms with Crippen molar-refractivity contribution in [2.45, 2.75) is 30.7 Å². The molecule has 0 aliphatic heterocycles. The molecule has 20 heavy (non-hydrogen) atoms. The van der Waals surface area contributed by atoms with Crippen LogP contribution in [0.3, 0.4) is 0 Å². The summed E-state index contributed by atoms with van der Waals surface area (Å²) in [6, 6.07) is 9.32. The Bertz CT molecular complexity index is 528. The molecule has 0 bridgehead atoms. The first kappa shape index (κ1) is 14.9. The smallest absolute Gasteiger partial charge is 0.389 e. The number of benzene rings is 1. The summed E-state index contributed by atoms with van der Waals surface area (Å²) in [5.41, 5.74) is 0.823. The van der Waals surface area contributed by atoms with Crippen molar-refractivity contribution in [3.8, 4) is 11.5 Å². The minimum Gasteiger partial charge on any atom is -0.411 e. The lowest BCUT2D eigenvalue weighted by Crippen LogP contribution is -2.06. The van der Waals surface area contributed by atoms with Gasteiger partial charge in [0.05, 0.1) is 0 Å². The van der Waals surface area contributed by atoms with E-state index in [0.717, 1.165) is 5.56 Å². The molecular weight excluding hydrogens is 289 g/mol. The highest BCUT2D eigenvalue weighted by Crippen LogP contribution is 2.26. The van der Waals surface area contributed by atoms with Crippen molar-refractivity contribution < 1.29 is 17.6 Å². The van der Waals surface area contributed by atoms with Gasteiger partial charge in [-0.15, -0.1) is 10.2 Å². The van der Waals surface area contributed by atoms with Gasteiger partial charge >= 0.3 is 6.18 Å². The van der Waals surface area contributed by atoms with E-state index in [1.807, 2.05) is 30.3 Å². The third-order valence-corrected chi connectivity index (χ3v) is 3.41. The number of hydrogen-bond donors (Lipinski definition) is 0. The standard InChI is InChI=1S/C13H13F3N2OS/c14-13(15,16)8-4-5-9-20-12-18-17-11(19-12)10-6-2-1-3-7-10/h1-3,6-7H,4-5,8-9H2. The third-order valence-electron chi connectivity index (χ3n) is 2.51. The maximum atomic E-state index is 11.9. The lowest BCUT2D eigenvalue weighted by molar-refractivity contribution is -0.135. The molecule has 1 aromatic carbocycles. The molecule has 1 aromatic heterocycles. The highest BCUT2D eigenvalue weighted by Gasteiger charge is 2.25. The number of hydrogen-bond acceptors (Lipinski definition) is 4. The summed E-state index contributed by atoms with van der Waals surface area (Å²) in [4.78, 5) is 0. The van der Waals surface area contributed by atoms with Crippen molar-refractivity contribution in [3.05, 3.63) is 30.3 Å². The molecule has 7 heteroatoms. The molecule has 0 fully saturated rings. The quantitative estimate of drug-likeness (QED) is 0.579. The van der Waals surface area contributed by atoms with Crippen LogP contribution in [0.1, 0.15) is 19.3 Å². The predicted molar refractivity (Wildman–Crippen MR) is 70.4 cm³/mol. The molecule has 0 spiro atoms. The zero-order chi connectivity index (χ0) is 14.4. The Labute approximate surface area is 118 Å². The Morgan fingerprint density at radius 3 is 2.50 bits per heavy atom. The van der Waals surface area contributed by atoms with Gasteiger partial charge in [0.15, 0.2) is 0 Å². The van der Waals surface area contributed by atoms with Gasteiger partial charge in [-0.1, -0.05) is 30.0 Å². The molecule has 2 rings (SSSR count). The van der Waals surface area contributed by atoms with Crippen molar-refractivity contribution in [1.29, 1.82) is 0 Å². The minimum absolute atomic E-state index is 0.121. The Morgan fingerprint density at radius 1 is 1.05 bits per heavy atom. The summed E-state index contributed by atoms with van der Waals surface area (Å²) >= 11 is 1.28. The second-order valence-electron chi connectivity index (χ2n) is 4.16. The van der Waals surface area contributed by atoms with Gasteiger partial charge in [0.2, 0.25) is 5.89 Å². The summed E-state index contributed by atoms with van der Waals surface area (Å²) in [6.45, 7) is 0. The molecular formula is C13H13F3N2OS. The normalized spacial score (nSPS) is 11.8. The van der Waals surface area contributed by atoms with E-state index in [-0.39, 0.29) is 6.42 Å². The molecule has 0 atom stereocenters. The molecule has 0 saturated heterocycles. The molecule has 2 aromatic rings. The molecule has 0 aliphatic rings. The first-order chi connectivity index (χ1) is 9.54. The van der Waals surface area contributed by atoms with Crippen LogP contribution >= 0.6 is 11.8 Å². The molecule has 1 heterocycles. The average molecular weight is 302 g/mol. The molecule has 0 amide bonds. The monoisotopic (exact) mass is 302 g/mol. The summed E-state index contributed by atoms with van der Waals surface area (Å²) in [5.74, 6) is 0.954.